The SMILES string of the molecule is CC(C)NC(=O)OC1CCC(c2cc(Nc3ccc4c(c3F)CS(=O)(=O)C4)n[nH]2)C1. The van der Waals surface area contributed by atoms with Gasteiger partial charge in [0, 0.05) is 29.3 Å². The van der Waals surface area contributed by atoms with Crippen molar-refractivity contribution in [1.29, 1.82) is 0 Å². The Kier molecular flexibility index (Phi) is 5.44. The molecule has 162 valence electrons. The van der Waals surface area contributed by atoms with Crippen LogP contribution in [0.3, 0.4) is 0 Å². The minimum absolute atomic E-state index is 0.0238. The number of anilines is 2. The molecule has 2 atom stereocenters. The van der Waals surface area contributed by atoms with Crippen LogP contribution in [0.25, 0.3) is 0 Å². The number of carbonyl (C=O) groups is 1. The molecule has 1 saturated carbocycles. The van der Waals surface area contributed by atoms with E-state index in [0.717, 1.165) is 18.5 Å². The number of amides is 1. The smallest absolute Gasteiger partial charge is 0.407 e. The minimum atomic E-state index is -3.28. The van der Waals surface area contributed by atoms with Gasteiger partial charge in [-0.25, -0.2) is 17.6 Å². The summed E-state index contributed by atoms with van der Waals surface area (Å²) in [4.78, 5) is 11.8. The number of fused-ring (bicyclic) bond motifs is 1. The molecule has 1 aliphatic heterocycles. The average molecular weight is 437 g/mol. The first-order valence-corrected chi connectivity index (χ1v) is 11.8. The molecule has 2 aliphatic rings. The van der Waals surface area contributed by atoms with Crippen LogP contribution in [-0.4, -0.2) is 36.9 Å². The number of hydrogen-bond donors (Lipinski definition) is 3. The van der Waals surface area contributed by atoms with Gasteiger partial charge in [-0.3, -0.25) is 5.10 Å². The van der Waals surface area contributed by atoms with Crippen molar-refractivity contribution < 1.29 is 22.3 Å². The largest absolute Gasteiger partial charge is 0.446 e. The molecule has 1 aromatic carbocycles. The highest BCUT2D eigenvalue weighted by Crippen LogP contribution is 2.37. The van der Waals surface area contributed by atoms with Gasteiger partial charge in [-0.1, -0.05) is 6.07 Å². The Labute approximate surface area is 174 Å². The lowest BCUT2D eigenvalue weighted by Crippen LogP contribution is -2.33. The molecule has 30 heavy (non-hydrogen) atoms. The fourth-order valence-corrected chi connectivity index (χ4v) is 5.65. The molecule has 1 aliphatic carbocycles. The molecule has 3 N–H and O–H groups in total. The molecule has 1 amide bonds. The van der Waals surface area contributed by atoms with Gasteiger partial charge < -0.3 is 15.4 Å². The summed E-state index contributed by atoms with van der Waals surface area (Å²) in [5, 5.41) is 12.8. The van der Waals surface area contributed by atoms with Crippen molar-refractivity contribution in [1.82, 2.24) is 15.5 Å². The zero-order chi connectivity index (χ0) is 21.5. The number of sulfone groups is 1. The Bertz CT molecular complexity index is 1070. The second-order valence-electron chi connectivity index (χ2n) is 8.27. The Balaban J connectivity index is 1.40. The molecular weight excluding hydrogens is 411 g/mol. The van der Waals surface area contributed by atoms with E-state index in [0.29, 0.717) is 17.8 Å². The Morgan fingerprint density at radius 1 is 1.30 bits per heavy atom. The van der Waals surface area contributed by atoms with Gasteiger partial charge in [0.15, 0.2) is 21.5 Å². The molecular formula is C20H25FN4O4S. The maximum Gasteiger partial charge on any atom is 0.407 e. The monoisotopic (exact) mass is 436 g/mol. The summed E-state index contributed by atoms with van der Waals surface area (Å²) in [6.07, 6.45) is 1.76. The minimum Gasteiger partial charge on any atom is -0.446 e. The van der Waals surface area contributed by atoms with Crippen LogP contribution in [0.5, 0.6) is 0 Å². The number of halogens is 1. The van der Waals surface area contributed by atoms with Gasteiger partial charge in [0.05, 0.1) is 17.2 Å². The highest BCUT2D eigenvalue weighted by Gasteiger charge is 2.31. The summed E-state index contributed by atoms with van der Waals surface area (Å²) in [7, 11) is -3.28. The third-order valence-electron chi connectivity index (χ3n) is 5.44. The van der Waals surface area contributed by atoms with Crippen LogP contribution in [-0.2, 0) is 26.1 Å². The Morgan fingerprint density at radius 2 is 2.10 bits per heavy atom. The van der Waals surface area contributed by atoms with Gasteiger partial charge in [-0.15, -0.1) is 0 Å². The lowest BCUT2D eigenvalue weighted by molar-refractivity contribution is 0.0981. The van der Waals surface area contributed by atoms with E-state index < -0.39 is 21.7 Å². The van der Waals surface area contributed by atoms with E-state index in [2.05, 4.69) is 20.8 Å². The second-order valence-corrected chi connectivity index (χ2v) is 10.3. The van der Waals surface area contributed by atoms with Crippen molar-refractivity contribution in [2.45, 2.75) is 62.7 Å². The third kappa shape index (κ3) is 4.43. The number of alkyl carbamates (subject to hydrolysis) is 1. The van der Waals surface area contributed by atoms with Crippen molar-refractivity contribution in [2.24, 2.45) is 0 Å². The number of benzene rings is 1. The summed E-state index contributed by atoms with van der Waals surface area (Å²) < 4.78 is 43.7. The van der Waals surface area contributed by atoms with Crippen LogP contribution in [0.2, 0.25) is 0 Å². The topological polar surface area (TPSA) is 113 Å². The van der Waals surface area contributed by atoms with Crippen LogP contribution in [0.15, 0.2) is 18.2 Å². The van der Waals surface area contributed by atoms with Crippen LogP contribution in [0.1, 0.15) is 55.8 Å². The van der Waals surface area contributed by atoms with E-state index in [9.17, 15) is 17.6 Å². The molecule has 1 aromatic heterocycles. The fraction of sp³-hybridized carbons (Fsp3) is 0.500. The van der Waals surface area contributed by atoms with E-state index in [1.165, 1.54) is 6.07 Å². The third-order valence-corrected chi connectivity index (χ3v) is 6.92. The van der Waals surface area contributed by atoms with Gasteiger partial charge in [0.2, 0.25) is 0 Å². The summed E-state index contributed by atoms with van der Waals surface area (Å²) in [5.41, 5.74) is 1.82. The summed E-state index contributed by atoms with van der Waals surface area (Å²) in [6, 6.07) is 5.01. The van der Waals surface area contributed by atoms with E-state index in [1.807, 2.05) is 19.9 Å². The number of aromatic nitrogens is 2. The molecule has 2 heterocycles. The molecule has 4 rings (SSSR count). The number of nitrogens with one attached hydrogen (secondary N) is 3. The van der Waals surface area contributed by atoms with Gasteiger partial charge in [0.1, 0.15) is 6.10 Å². The molecule has 0 spiro atoms. The van der Waals surface area contributed by atoms with Gasteiger partial charge >= 0.3 is 6.09 Å². The molecule has 8 nitrogen and oxygen atoms in total. The van der Waals surface area contributed by atoms with E-state index in [1.54, 1.807) is 6.07 Å². The maximum atomic E-state index is 14.8. The van der Waals surface area contributed by atoms with Crippen LogP contribution in [0, 0.1) is 5.82 Å². The average Bonchev–Trinajstić information content (AvgIpc) is 3.35. The van der Waals surface area contributed by atoms with Crippen molar-refractivity contribution in [2.75, 3.05) is 5.32 Å². The number of carbonyl (C=O) groups excluding carboxylic acids is 1. The van der Waals surface area contributed by atoms with Crippen LogP contribution in [0.4, 0.5) is 20.7 Å². The lowest BCUT2D eigenvalue weighted by atomic mass is 10.0. The highest BCUT2D eigenvalue weighted by molar-refractivity contribution is 7.90. The molecule has 10 heteroatoms. The van der Waals surface area contributed by atoms with Crippen LogP contribution < -0.4 is 10.6 Å². The summed E-state index contributed by atoms with van der Waals surface area (Å²) in [6.45, 7) is 3.75. The molecule has 2 aromatic rings. The number of hydrogen-bond acceptors (Lipinski definition) is 6. The first-order valence-electron chi connectivity index (χ1n) is 10.0. The summed E-state index contributed by atoms with van der Waals surface area (Å²) in [5.74, 6) is -0.328. The summed E-state index contributed by atoms with van der Waals surface area (Å²) >= 11 is 0. The van der Waals surface area contributed by atoms with Crippen molar-refractivity contribution >= 4 is 27.4 Å². The fourth-order valence-electron chi connectivity index (χ4n) is 4.06. The second kappa shape index (κ2) is 7.90. The maximum absolute atomic E-state index is 14.8. The van der Waals surface area contributed by atoms with Gasteiger partial charge in [-0.2, -0.15) is 5.10 Å². The van der Waals surface area contributed by atoms with Crippen LogP contribution >= 0.6 is 0 Å². The van der Waals surface area contributed by atoms with Crippen molar-refractivity contribution in [3.63, 3.8) is 0 Å². The zero-order valence-corrected chi connectivity index (χ0v) is 17.7. The number of ether oxygens (including phenoxy) is 1. The highest BCUT2D eigenvalue weighted by atomic mass is 32.2. The van der Waals surface area contributed by atoms with E-state index in [-0.39, 0.29) is 40.8 Å². The van der Waals surface area contributed by atoms with Gasteiger partial charge in [0.25, 0.3) is 0 Å². The Morgan fingerprint density at radius 3 is 2.87 bits per heavy atom. The predicted molar refractivity (Wildman–Crippen MR) is 110 cm³/mol. The number of nitrogens with zero attached hydrogens (tertiary/aromatic N) is 1. The van der Waals surface area contributed by atoms with E-state index in [4.69, 9.17) is 4.74 Å². The quantitative estimate of drug-likeness (QED) is 0.661. The Hall–Kier alpha value is -2.62. The van der Waals surface area contributed by atoms with Crippen molar-refractivity contribution in [3.05, 3.63) is 40.8 Å². The van der Waals surface area contributed by atoms with E-state index >= 15 is 0 Å². The first-order chi connectivity index (χ1) is 14.2. The zero-order valence-electron chi connectivity index (χ0n) is 16.9. The normalized spacial score (nSPS) is 22.1. The van der Waals surface area contributed by atoms with Crippen molar-refractivity contribution in [3.8, 4) is 0 Å². The number of rotatable bonds is 5. The molecule has 0 saturated heterocycles. The molecule has 2 unspecified atom stereocenters. The van der Waals surface area contributed by atoms with Gasteiger partial charge in [-0.05, 0) is 44.7 Å². The number of H-pyrrole nitrogens is 1. The lowest BCUT2D eigenvalue weighted by Gasteiger charge is -2.14. The standard InChI is InChI=1S/C20H25FN4O4S/c1-11(2)22-20(26)29-14-5-3-12(7-14)17-8-18(25-24-17)23-16-6-4-13-9-30(27,28)10-15(13)19(16)21/h4,6,8,11-12,14H,3,5,7,9-10H2,1-2H3,(H,22,26)(H2,23,24,25). The first kappa shape index (κ1) is 20.6. The molecule has 0 radical (unpaired) electrons. The molecule has 0 bridgehead atoms. The predicted octanol–water partition coefficient (Wildman–Crippen LogP) is 3.49. The molecule has 1 fully saturated rings. The number of aromatic amines is 1.